The van der Waals surface area contributed by atoms with E-state index < -0.39 is 5.91 Å². The first-order valence-corrected chi connectivity index (χ1v) is 10.2. The Morgan fingerprint density at radius 1 is 1.31 bits per heavy atom. The number of rotatable bonds is 6. The Morgan fingerprint density at radius 3 is 2.65 bits per heavy atom. The first-order valence-electron chi connectivity index (χ1n) is 8.56. The molecule has 1 aromatic heterocycles. The quantitative estimate of drug-likeness (QED) is 0.727. The van der Waals surface area contributed by atoms with Gasteiger partial charge in [-0.1, -0.05) is 28.1 Å². The average Bonchev–Trinajstić information content (AvgIpc) is 3.16. The lowest BCUT2D eigenvalue weighted by molar-refractivity contribution is -0.120. The molecule has 0 bridgehead atoms. The molecule has 2 aromatic rings. The number of hydrogen-bond donors (Lipinski definition) is 2. The number of benzene rings is 1. The Hall–Kier alpha value is -1.70. The summed E-state index contributed by atoms with van der Waals surface area (Å²) in [4.78, 5) is 27.7. The van der Waals surface area contributed by atoms with Gasteiger partial charge in [0.05, 0.1) is 11.6 Å². The molecule has 2 amide bonds. The van der Waals surface area contributed by atoms with E-state index in [2.05, 4.69) is 21.2 Å². The SMILES string of the molecule is CC(C(=O)Nc1sc2c(c1C(N)=O)CCC2)N(C)Cc1ccc(Br)cc1. The first-order chi connectivity index (χ1) is 12.4. The van der Waals surface area contributed by atoms with Crippen molar-refractivity contribution in [1.29, 1.82) is 0 Å². The number of aryl methyl sites for hydroxylation is 1. The summed E-state index contributed by atoms with van der Waals surface area (Å²) >= 11 is 4.91. The molecule has 1 aliphatic carbocycles. The molecule has 0 saturated carbocycles. The lowest BCUT2D eigenvalue weighted by atomic mass is 10.1. The summed E-state index contributed by atoms with van der Waals surface area (Å²) in [5.74, 6) is -0.595. The zero-order valence-electron chi connectivity index (χ0n) is 14.8. The van der Waals surface area contributed by atoms with Crippen LogP contribution in [0.4, 0.5) is 5.00 Å². The number of likely N-dealkylation sites (N-methyl/N-ethyl adjacent to an activating group) is 1. The van der Waals surface area contributed by atoms with Gasteiger partial charge in [0, 0.05) is 15.9 Å². The number of hydrogen-bond acceptors (Lipinski definition) is 4. The van der Waals surface area contributed by atoms with Gasteiger partial charge in [0.1, 0.15) is 5.00 Å². The molecule has 5 nitrogen and oxygen atoms in total. The fraction of sp³-hybridized carbons (Fsp3) is 0.368. The van der Waals surface area contributed by atoms with Crippen molar-refractivity contribution in [3.63, 3.8) is 0 Å². The molecule has 0 spiro atoms. The van der Waals surface area contributed by atoms with Gasteiger partial charge in [0.15, 0.2) is 0 Å². The number of primary amides is 1. The number of carbonyl (C=O) groups is 2. The molecule has 26 heavy (non-hydrogen) atoms. The second kappa shape index (κ2) is 7.90. The first kappa shape index (κ1) is 19.1. The smallest absolute Gasteiger partial charge is 0.251 e. The molecule has 7 heteroatoms. The summed E-state index contributed by atoms with van der Waals surface area (Å²) in [5.41, 5.74) is 8.21. The van der Waals surface area contributed by atoms with Crippen LogP contribution in [0, 0.1) is 0 Å². The van der Waals surface area contributed by atoms with Crippen molar-refractivity contribution in [2.75, 3.05) is 12.4 Å². The van der Waals surface area contributed by atoms with Gasteiger partial charge in [-0.2, -0.15) is 0 Å². The number of thiophene rings is 1. The number of amides is 2. The third kappa shape index (κ3) is 4.00. The Kier molecular flexibility index (Phi) is 5.79. The zero-order valence-corrected chi connectivity index (χ0v) is 17.2. The monoisotopic (exact) mass is 435 g/mol. The minimum Gasteiger partial charge on any atom is -0.365 e. The van der Waals surface area contributed by atoms with Crippen LogP contribution in [0.1, 0.15) is 39.7 Å². The Bertz CT molecular complexity index is 832. The van der Waals surface area contributed by atoms with Crippen molar-refractivity contribution in [1.82, 2.24) is 4.90 Å². The molecule has 1 aromatic carbocycles. The molecule has 0 radical (unpaired) electrons. The lowest BCUT2D eigenvalue weighted by Gasteiger charge is -2.24. The molecular formula is C19H22BrN3O2S. The van der Waals surface area contributed by atoms with Gasteiger partial charge in [-0.3, -0.25) is 14.5 Å². The molecule has 1 unspecified atom stereocenters. The van der Waals surface area contributed by atoms with E-state index in [-0.39, 0.29) is 11.9 Å². The maximum atomic E-state index is 12.7. The number of halogens is 1. The van der Waals surface area contributed by atoms with Crippen LogP contribution in [0.5, 0.6) is 0 Å². The van der Waals surface area contributed by atoms with E-state index in [1.807, 2.05) is 43.1 Å². The van der Waals surface area contributed by atoms with Crippen LogP contribution in [0.25, 0.3) is 0 Å². The number of nitrogens with one attached hydrogen (secondary N) is 1. The molecule has 3 N–H and O–H groups in total. The summed E-state index contributed by atoms with van der Waals surface area (Å²) in [6, 6.07) is 7.69. The minimum atomic E-state index is -0.462. The highest BCUT2D eigenvalue weighted by atomic mass is 79.9. The van der Waals surface area contributed by atoms with E-state index in [0.29, 0.717) is 17.1 Å². The van der Waals surface area contributed by atoms with Crippen molar-refractivity contribution in [2.45, 2.75) is 38.8 Å². The Balaban J connectivity index is 1.69. The molecule has 0 saturated heterocycles. The molecule has 1 heterocycles. The van der Waals surface area contributed by atoms with Gasteiger partial charge < -0.3 is 11.1 Å². The summed E-state index contributed by atoms with van der Waals surface area (Å²) < 4.78 is 1.03. The summed E-state index contributed by atoms with van der Waals surface area (Å²) in [6.45, 7) is 2.52. The largest absolute Gasteiger partial charge is 0.365 e. The van der Waals surface area contributed by atoms with Crippen LogP contribution in [0.3, 0.4) is 0 Å². The summed E-state index contributed by atoms with van der Waals surface area (Å²) in [7, 11) is 1.91. The van der Waals surface area contributed by atoms with Crippen molar-refractivity contribution in [3.05, 3.63) is 50.3 Å². The van der Waals surface area contributed by atoms with Crippen LogP contribution in [0.15, 0.2) is 28.7 Å². The van der Waals surface area contributed by atoms with Crippen LogP contribution >= 0.6 is 27.3 Å². The fourth-order valence-corrected chi connectivity index (χ4v) is 4.75. The second-order valence-electron chi connectivity index (χ2n) is 6.63. The van der Waals surface area contributed by atoms with Gasteiger partial charge >= 0.3 is 0 Å². The molecule has 138 valence electrons. The summed E-state index contributed by atoms with van der Waals surface area (Å²) in [5, 5.41) is 3.52. The maximum absolute atomic E-state index is 12.7. The van der Waals surface area contributed by atoms with Gasteiger partial charge in [-0.05, 0) is 56.5 Å². The topological polar surface area (TPSA) is 75.4 Å². The molecular weight excluding hydrogens is 414 g/mol. The van der Waals surface area contributed by atoms with Crippen LogP contribution < -0.4 is 11.1 Å². The zero-order chi connectivity index (χ0) is 18.8. The highest BCUT2D eigenvalue weighted by Crippen LogP contribution is 2.38. The van der Waals surface area contributed by atoms with E-state index in [0.717, 1.165) is 34.9 Å². The highest BCUT2D eigenvalue weighted by Gasteiger charge is 2.27. The summed E-state index contributed by atoms with van der Waals surface area (Å²) in [6.07, 6.45) is 2.86. The molecule has 1 aliphatic rings. The normalized spacial score (nSPS) is 14.3. The van der Waals surface area contributed by atoms with E-state index in [1.165, 1.54) is 16.2 Å². The fourth-order valence-electron chi connectivity index (χ4n) is 3.18. The van der Waals surface area contributed by atoms with E-state index in [9.17, 15) is 9.59 Å². The number of carbonyl (C=O) groups excluding carboxylic acids is 2. The van der Waals surface area contributed by atoms with Gasteiger partial charge in [0.25, 0.3) is 5.91 Å². The van der Waals surface area contributed by atoms with Gasteiger partial charge in [-0.15, -0.1) is 11.3 Å². The van der Waals surface area contributed by atoms with Crippen molar-refractivity contribution in [3.8, 4) is 0 Å². The standard InChI is InChI=1S/C19H22BrN3O2S/c1-11(23(2)10-12-6-8-13(20)9-7-12)18(25)22-19-16(17(21)24)14-4-3-5-15(14)26-19/h6-9,11H,3-5,10H2,1-2H3,(H2,21,24)(H,22,25). The Morgan fingerprint density at radius 2 is 2.00 bits per heavy atom. The second-order valence-corrected chi connectivity index (χ2v) is 8.65. The van der Waals surface area contributed by atoms with E-state index in [4.69, 9.17) is 5.73 Å². The molecule has 0 aliphatic heterocycles. The Labute approximate surface area is 165 Å². The van der Waals surface area contributed by atoms with Crippen LogP contribution in [0.2, 0.25) is 0 Å². The van der Waals surface area contributed by atoms with Crippen molar-refractivity contribution in [2.24, 2.45) is 5.73 Å². The van der Waals surface area contributed by atoms with E-state index in [1.54, 1.807) is 0 Å². The number of fused-ring (bicyclic) bond motifs is 1. The number of nitrogens with two attached hydrogens (primary N) is 1. The molecule has 3 rings (SSSR count). The predicted octanol–water partition coefficient (Wildman–Crippen LogP) is 3.56. The van der Waals surface area contributed by atoms with Gasteiger partial charge in [0.2, 0.25) is 5.91 Å². The van der Waals surface area contributed by atoms with E-state index >= 15 is 0 Å². The molecule has 0 fully saturated rings. The number of nitrogens with zero attached hydrogens (tertiary/aromatic N) is 1. The van der Waals surface area contributed by atoms with Gasteiger partial charge in [-0.25, -0.2) is 0 Å². The number of anilines is 1. The van der Waals surface area contributed by atoms with Crippen LogP contribution in [-0.2, 0) is 24.2 Å². The maximum Gasteiger partial charge on any atom is 0.251 e. The van der Waals surface area contributed by atoms with Crippen molar-refractivity contribution < 1.29 is 9.59 Å². The minimum absolute atomic E-state index is 0.132. The third-order valence-corrected chi connectivity index (χ3v) is 6.53. The molecule has 1 atom stereocenters. The third-order valence-electron chi connectivity index (χ3n) is 4.79. The average molecular weight is 436 g/mol. The van der Waals surface area contributed by atoms with Crippen molar-refractivity contribution >= 4 is 44.1 Å². The highest BCUT2D eigenvalue weighted by molar-refractivity contribution is 9.10. The predicted molar refractivity (Wildman–Crippen MR) is 109 cm³/mol. The lowest BCUT2D eigenvalue weighted by Crippen LogP contribution is -2.39. The van der Waals surface area contributed by atoms with Crippen LogP contribution in [-0.4, -0.2) is 29.8 Å².